The molecule has 4 nitrogen and oxygen atoms in total. The Hall–Kier alpha value is -1.94. The van der Waals surface area contributed by atoms with Gasteiger partial charge >= 0.3 is 0 Å². The number of aliphatic hydroxyl groups excluding tert-OH is 1. The lowest BCUT2D eigenvalue weighted by atomic mass is 10.1. The van der Waals surface area contributed by atoms with Gasteiger partial charge in [0.15, 0.2) is 0 Å². The second-order valence-electron chi connectivity index (χ2n) is 3.88. The fourth-order valence-corrected chi connectivity index (χ4v) is 1.73. The minimum atomic E-state index is -0.111. The number of benzene rings is 1. The lowest BCUT2D eigenvalue weighted by Gasteiger charge is -2.06. The van der Waals surface area contributed by atoms with Crippen LogP contribution in [0, 0.1) is 6.92 Å². The van der Waals surface area contributed by atoms with Gasteiger partial charge in [-0.05, 0) is 6.92 Å². The van der Waals surface area contributed by atoms with Gasteiger partial charge in [0.1, 0.15) is 5.69 Å². The van der Waals surface area contributed by atoms with Gasteiger partial charge in [-0.1, -0.05) is 41.1 Å². The van der Waals surface area contributed by atoms with Crippen molar-refractivity contribution < 1.29 is 5.11 Å². The first kappa shape index (κ1) is 11.5. The van der Waals surface area contributed by atoms with Crippen molar-refractivity contribution in [2.24, 2.45) is 0 Å². The van der Waals surface area contributed by atoms with E-state index in [1.54, 1.807) is 10.8 Å². The van der Waals surface area contributed by atoms with E-state index < -0.39 is 0 Å². The second kappa shape index (κ2) is 4.93. The third-order valence-corrected chi connectivity index (χ3v) is 2.58. The smallest absolute Gasteiger partial charge is 0.116 e. The number of hydrogen-bond acceptors (Lipinski definition) is 3. The average molecular weight is 229 g/mol. The summed E-state index contributed by atoms with van der Waals surface area (Å²) in [6.07, 6.45) is 1.76. The Bertz CT molecular complexity index is 514. The summed E-state index contributed by atoms with van der Waals surface area (Å²) in [7, 11) is 0. The summed E-state index contributed by atoms with van der Waals surface area (Å²) in [6.45, 7) is 6.20. The molecule has 0 saturated heterocycles. The maximum atomic E-state index is 9.27. The second-order valence-corrected chi connectivity index (χ2v) is 3.88. The van der Waals surface area contributed by atoms with Crippen molar-refractivity contribution in [1.82, 2.24) is 15.0 Å². The van der Waals surface area contributed by atoms with Gasteiger partial charge in [-0.25, -0.2) is 4.68 Å². The van der Waals surface area contributed by atoms with Crippen molar-refractivity contribution in [3.8, 4) is 11.3 Å². The largest absolute Gasteiger partial charge is 0.390 e. The van der Waals surface area contributed by atoms with E-state index in [4.69, 9.17) is 0 Å². The minimum absolute atomic E-state index is 0.111. The molecule has 4 heteroatoms. The van der Waals surface area contributed by atoms with Crippen LogP contribution >= 0.6 is 0 Å². The van der Waals surface area contributed by atoms with Gasteiger partial charge in [0.2, 0.25) is 0 Å². The third-order valence-electron chi connectivity index (χ3n) is 2.58. The summed E-state index contributed by atoms with van der Waals surface area (Å²) in [6, 6.07) is 8.07. The standard InChI is InChI=1S/C13H15N3O/c1-3-8-16-13(12(9-17)14-15-16)11-6-4-10(2)5-7-11/h3-7,17H,1,8-9H2,2H3. The van der Waals surface area contributed by atoms with E-state index >= 15 is 0 Å². The van der Waals surface area contributed by atoms with Gasteiger partial charge in [0.25, 0.3) is 0 Å². The van der Waals surface area contributed by atoms with Crippen molar-refractivity contribution in [1.29, 1.82) is 0 Å². The van der Waals surface area contributed by atoms with Gasteiger partial charge in [-0.3, -0.25) is 0 Å². The number of hydrogen-bond donors (Lipinski definition) is 1. The van der Waals surface area contributed by atoms with Crippen LogP contribution in [0.15, 0.2) is 36.9 Å². The maximum absolute atomic E-state index is 9.27. The van der Waals surface area contributed by atoms with E-state index in [9.17, 15) is 5.11 Å². The lowest BCUT2D eigenvalue weighted by Crippen LogP contribution is -2.01. The Balaban J connectivity index is 2.51. The first-order valence-electron chi connectivity index (χ1n) is 5.47. The molecular weight excluding hydrogens is 214 g/mol. The fraction of sp³-hybridized carbons (Fsp3) is 0.231. The van der Waals surface area contributed by atoms with Crippen molar-refractivity contribution in [2.75, 3.05) is 0 Å². The zero-order valence-corrected chi connectivity index (χ0v) is 9.80. The van der Waals surface area contributed by atoms with Crippen molar-refractivity contribution in [3.63, 3.8) is 0 Å². The Morgan fingerprint density at radius 3 is 2.65 bits per heavy atom. The predicted octanol–water partition coefficient (Wildman–Crippen LogP) is 1.93. The lowest BCUT2D eigenvalue weighted by molar-refractivity contribution is 0.277. The summed E-state index contributed by atoms with van der Waals surface area (Å²) in [5.41, 5.74) is 3.65. The SMILES string of the molecule is C=CCn1nnc(CO)c1-c1ccc(C)cc1. The minimum Gasteiger partial charge on any atom is -0.390 e. The van der Waals surface area contributed by atoms with Crippen LogP contribution in [-0.2, 0) is 13.2 Å². The molecule has 0 bridgehead atoms. The van der Waals surface area contributed by atoms with Crippen LogP contribution in [0.25, 0.3) is 11.3 Å². The number of allylic oxidation sites excluding steroid dienone is 1. The van der Waals surface area contributed by atoms with Gasteiger partial charge in [-0.2, -0.15) is 0 Å². The topological polar surface area (TPSA) is 50.9 Å². The van der Waals surface area contributed by atoms with Crippen LogP contribution in [0.5, 0.6) is 0 Å². The summed E-state index contributed by atoms with van der Waals surface area (Å²) in [5, 5.41) is 17.3. The molecule has 2 rings (SSSR count). The van der Waals surface area contributed by atoms with Crippen LogP contribution in [0.3, 0.4) is 0 Å². The highest BCUT2D eigenvalue weighted by Gasteiger charge is 2.13. The van der Waals surface area contributed by atoms with Gasteiger partial charge < -0.3 is 5.11 Å². The molecule has 0 spiro atoms. The molecule has 2 aromatic rings. The Labute approximate surface area is 100 Å². The highest BCUT2D eigenvalue weighted by Crippen LogP contribution is 2.22. The number of aryl methyl sites for hydroxylation is 1. The number of aliphatic hydroxyl groups is 1. The molecule has 1 heterocycles. The van der Waals surface area contributed by atoms with E-state index in [-0.39, 0.29) is 6.61 Å². The fourth-order valence-electron chi connectivity index (χ4n) is 1.73. The Morgan fingerprint density at radius 1 is 1.35 bits per heavy atom. The molecule has 0 unspecified atom stereocenters. The monoisotopic (exact) mass is 229 g/mol. The summed E-state index contributed by atoms with van der Waals surface area (Å²) >= 11 is 0. The maximum Gasteiger partial charge on any atom is 0.116 e. The summed E-state index contributed by atoms with van der Waals surface area (Å²) < 4.78 is 1.74. The van der Waals surface area contributed by atoms with Gasteiger partial charge in [0, 0.05) is 5.56 Å². The summed E-state index contributed by atoms with van der Waals surface area (Å²) in [4.78, 5) is 0. The molecule has 17 heavy (non-hydrogen) atoms. The van der Waals surface area contributed by atoms with Crippen molar-refractivity contribution in [3.05, 3.63) is 48.2 Å². The molecule has 1 aromatic carbocycles. The molecule has 0 fully saturated rings. The molecule has 0 radical (unpaired) electrons. The molecule has 0 amide bonds. The van der Waals surface area contributed by atoms with Crippen LogP contribution < -0.4 is 0 Å². The average Bonchev–Trinajstić information content (AvgIpc) is 2.74. The number of rotatable bonds is 4. The van der Waals surface area contributed by atoms with Gasteiger partial charge in [-0.15, -0.1) is 11.7 Å². The van der Waals surface area contributed by atoms with Gasteiger partial charge in [0.05, 0.1) is 18.8 Å². The van der Waals surface area contributed by atoms with E-state index in [1.807, 2.05) is 31.2 Å². The predicted molar refractivity (Wildman–Crippen MR) is 66.3 cm³/mol. The third kappa shape index (κ3) is 2.26. The van der Waals surface area contributed by atoms with E-state index in [0.717, 1.165) is 11.3 Å². The molecular formula is C13H15N3O. The Morgan fingerprint density at radius 2 is 2.06 bits per heavy atom. The quantitative estimate of drug-likeness (QED) is 0.815. The zero-order valence-electron chi connectivity index (χ0n) is 9.80. The molecule has 0 aliphatic rings. The Kier molecular flexibility index (Phi) is 3.35. The van der Waals surface area contributed by atoms with E-state index in [0.29, 0.717) is 12.2 Å². The van der Waals surface area contributed by atoms with Crippen molar-refractivity contribution in [2.45, 2.75) is 20.1 Å². The first-order chi connectivity index (χ1) is 8.26. The van der Waals surface area contributed by atoms with Crippen LogP contribution in [0.1, 0.15) is 11.3 Å². The molecule has 0 atom stereocenters. The molecule has 0 saturated carbocycles. The number of nitrogens with zero attached hydrogens (tertiary/aromatic N) is 3. The highest BCUT2D eigenvalue weighted by atomic mass is 16.3. The molecule has 88 valence electrons. The zero-order chi connectivity index (χ0) is 12.3. The van der Waals surface area contributed by atoms with Crippen molar-refractivity contribution >= 4 is 0 Å². The van der Waals surface area contributed by atoms with E-state index in [2.05, 4.69) is 16.9 Å². The highest BCUT2D eigenvalue weighted by molar-refractivity contribution is 5.62. The van der Waals surface area contributed by atoms with E-state index in [1.165, 1.54) is 5.56 Å². The molecule has 0 aliphatic carbocycles. The molecule has 0 aliphatic heterocycles. The normalized spacial score (nSPS) is 10.5. The number of aromatic nitrogens is 3. The van der Waals surface area contributed by atoms with Crippen LogP contribution in [-0.4, -0.2) is 20.1 Å². The summed E-state index contributed by atoms with van der Waals surface area (Å²) in [5.74, 6) is 0. The van der Waals surface area contributed by atoms with Crippen LogP contribution in [0.4, 0.5) is 0 Å². The van der Waals surface area contributed by atoms with Crippen LogP contribution in [0.2, 0.25) is 0 Å². The molecule has 1 aromatic heterocycles. The molecule has 1 N–H and O–H groups in total. The first-order valence-corrected chi connectivity index (χ1v) is 5.47.